The number of hydrogen-bond donors (Lipinski definition) is 1. The van der Waals surface area contributed by atoms with Gasteiger partial charge in [0.25, 0.3) is 0 Å². The fourth-order valence-corrected chi connectivity index (χ4v) is 2.39. The van der Waals surface area contributed by atoms with Gasteiger partial charge in [-0.05, 0) is 32.8 Å². The van der Waals surface area contributed by atoms with E-state index >= 15 is 0 Å². The molecule has 0 saturated carbocycles. The number of carbonyl (C=O) groups is 2. The quantitative estimate of drug-likeness (QED) is 0.621. The molecule has 0 fully saturated rings. The summed E-state index contributed by atoms with van der Waals surface area (Å²) >= 11 is 0. The van der Waals surface area contributed by atoms with Crippen molar-refractivity contribution in [3.05, 3.63) is 23.5 Å². The average molecular weight is 332 g/mol. The highest BCUT2D eigenvalue weighted by atomic mass is 16.5. The van der Waals surface area contributed by atoms with Crippen molar-refractivity contribution >= 4 is 22.9 Å². The van der Waals surface area contributed by atoms with E-state index in [-0.39, 0.29) is 18.6 Å². The molecule has 0 radical (unpaired) electrons. The lowest BCUT2D eigenvalue weighted by atomic mass is 10.1. The van der Waals surface area contributed by atoms with Crippen LogP contribution in [0.3, 0.4) is 0 Å². The lowest BCUT2D eigenvalue weighted by Crippen LogP contribution is -2.22. The van der Waals surface area contributed by atoms with Gasteiger partial charge in [0.05, 0.1) is 29.8 Å². The lowest BCUT2D eigenvalue weighted by molar-refractivity contribution is -0.118. The topological polar surface area (TPSA) is 86.1 Å². The molecule has 7 heteroatoms. The van der Waals surface area contributed by atoms with Crippen molar-refractivity contribution in [3.63, 3.8) is 0 Å². The van der Waals surface area contributed by atoms with Gasteiger partial charge in [0.2, 0.25) is 5.91 Å². The first kappa shape index (κ1) is 17.9. The molecule has 0 aliphatic heterocycles. The molecule has 0 unspecified atom stereocenters. The number of aryl methyl sites for hydroxylation is 1. The molecule has 0 spiro atoms. The van der Waals surface area contributed by atoms with Crippen molar-refractivity contribution < 1.29 is 14.3 Å². The minimum absolute atomic E-state index is 0.0924. The van der Waals surface area contributed by atoms with Gasteiger partial charge in [-0.3, -0.25) is 4.79 Å². The van der Waals surface area contributed by atoms with Crippen LogP contribution >= 0.6 is 0 Å². The van der Waals surface area contributed by atoms with Gasteiger partial charge in [0.1, 0.15) is 0 Å². The highest BCUT2D eigenvalue weighted by molar-refractivity contribution is 6.02. The third kappa shape index (κ3) is 4.10. The molecular formula is C17H24N4O3. The third-order valence-electron chi connectivity index (χ3n) is 3.85. The van der Waals surface area contributed by atoms with Gasteiger partial charge in [-0.15, -0.1) is 0 Å². The highest BCUT2D eigenvalue weighted by Gasteiger charge is 2.18. The molecule has 1 N–H and O–H groups in total. The summed E-state index contributed by atoms with van der Waals surface area (Å²) in [4.78, 5) is 27.7. The van der Waals surface area contributed by atoms with Crippen molar-refractivity contribution in [1.29, 1.82) is 0 Å². The van der Waals surface area contributed by atoms with Crippen LogP contribution in [0.2, 0.25) is 0 Å². The van der Waals surface area contributed by atoms with Crippen LogP contribution in [0.15, 0.2) is 12.3 Å². The molecule has 7 nitrogen and oxygen atoms in total. The van der Waals surface area contributed by atoms with E-state index in [0.29, 0.717) is 29.6 Å². The maximum atomic E-state index is 12.4. The van der Waals surface area contributed by atoms with E-state index in [1.165, 1.54) is 6.92 Å². The number of esters is 1. The van der Waals surface area contributed by atoms with E-state index in [0.717, 1.165) is 12.1 Å². The predicted molar refractivity (Wildman–Crippen MR) is 90.9 cm³/mol. The minimum atomic E-state index is -0.392. The van der Waals surface area contributed by atoms with E-state index in [1.54, 1.807) is 12.3 Å². The Morgan fingerprint density at radius 2 is 2.17 bits per heavy atom. The van der Waals surface area contributed by atoms with Crippen LogP contribution in [0.5, 0.6) is 0 Å². The van der Waals surface area contributed by atoms with Crippen molar-refractivity contribution in [2.24, 2.45) is 0 Å². The number of amides is 1. The van der Waals surface area contributed by atoms with Crippen LogP contribution in [-0.4, -0.2) is 39.8 Å². The second kappa shape index (κ2) is 7.90. The van der Waals surface area contributed by atoms with Crippen LogP contribution in [0, 0.1) is 6.92 Å². The number of fused-ring (bicyclic) bond motifs is 1. The number of pyridine rings is 1. The van der Waals surface area contributed by atoms with E-state index in [4.69, 9.17) is 4.74 Å². The monoisotopic (exact) mass is 332 g/mol. The molecule has 0 aliphatic rings. The van der Waals surface area contributed by atoms with E-state index < -0.39 is 5.97 Å². The van der Waals surface area contributed by atoms with Gasteiger partial charge in [0, 0.05) is 19.2 Å². The Hall–Kier alpha value is -2.44. The highest BCUT2D eigenvalue weighted by Crippen LogP contribution is 2.22. The van der Waals surface area contributed by atoms with E-state index in [1.807, 2.05) is 11.6 Å². The van der Waals surface area contributed by atoms with Crippen LogP contribution < -0.4 is 5.32 Å². The van der Waals surface area contributed by atoms with Crippen LogP contribution in [0.4, 0.5) is 0 Å². The number of carbonyl (C=O) groups excluding carboxylic acids is 2. The first-order valence-corrected chi connectivity index (χ1v) is 8.20. The Bertz CT molecular complexity index is 739. The van der Waals surface area contributed by atoms with Crippen molar-refractivity contribution in [3.8, 4) is 0 Å². The smallest absolute Gasteiger partial charge is 0.339 e. The SMILES string of the molecule is CC[C@H](C)n1ncc2c(C(=O)OCCCNC(C)=O)cc(C)nc21. The zero-order valence-electron chi connectivity index (χ0n) is 14.6. The fourth-order valence-electron chi connectivity index (χ4n) is 2.39. The molecule has 0 saturated heterocycles. The van der Waals surface area contributed by atoms with E-state index in [9.17, 15) is 9.59 Å². The van der Waals surface area contributed by atoms with Crippen LogP contribution in [0.1, 0.15) is 55.7 Å². The summed E-state index contributed by atoms with van der Waals surface area (Å²) < 4.78 is 7.16. The summed E-state index contributed by atoms with van der Waals surface area (Å²) in [6.07, 6.45) is 3.17. The largest absolute Gasteiger partial charge is 0.462 e. The summed E-state index contributed by atoms with van der Waals surface area (Å²) in [5.74, 6) is -0.484. The van der Waals surface area contributed by atoms with Crippen molar-refractivity contribution in [2.75, 3.05) is 13.2 Å². The van der Waals surface area contributed by atoms with Crippen molar-refractivity contribution in [1.82, 2.24) is 20.1 Å². The molecular weight excluding hydrogens is 308 g/mol. The fraction of sp³-hybridized carbons (Fsp3) is 0.529. The standard InChI is InChI=1S/C17H24N4O3/c1-5-12(3)21-16-15(10-19-21)14(9-11(2)20-16)17(23)24-8-6-7-18-13(4)22/h9-10,12H,5-8H2,1-4H3,(H,18,22)/t12-/m0/s1. The maximum absolute atomic E-state index is 12.4. The second-order valence-corrected chi connectivity index (χ2v) is 5.87. The lowest BCUT2D eigenvalue weighted by Gasteiger charge is -2.11. The molecule has 0 aromatic carbocycles. The zero-order valence-corrected chi connectivity index (χ0v) is 14.6. The van der Waals surface area contributed by atoms with Gasteiger partial charge < -0.3 is 10.1 Å². The molecule has 0 bridgehead atoms. The Kier molecular flexibility index (Phi) is 5.89. The molecule has 2 aromatic heterocycles. The number of nitrogens with one attached hydrogen (secondary N) is 1. The van der Waals surface area contributed by atoms with Gasteiger partial charge >= 0.3 is 5.97 Å². The minimum Gasteiger partial charge on any atom is -0.462 e. The molecule has 24 heavy (non-hydrogen) atoms. The Morgan fingerprint density at radius 1 is 1.42 bits per heavy atom. The Balaban J connectivity index is 2.14. The second-order valence-electron chi connectivity index (χ2n) is 5.87. The maximum Gasteiger partial charge on any atom is 0.339 e. The molecule has 1 amide bonds. The van der Waals surface area contributed by atoms with E-state index in [2.05, 4.69) is 29.2 Å². The summed E-state index contributed by atoms with van der Waals surface area (Å²) in [5, 5.41) is 7.75. The summed E-state index contributed by atoms with van der Waals surface area (Å²) in [7, 11) is 0. The first-order chi connectivity index (χ1) is 11.4. The molecule has 2 heterocycles. The third-order valence-corrected chi connectivity index (χ3v) is 3.85. The molecule has 2 aromatic rings. The number of hydrogen-bond acceptors (Lipinski definition) is 5. The summed E-state index contributed by atoms with van der Waals surface area (Å²) in [6.45, 7) is 8.19. The number of nitrogens with zero attached hydrogens (tertiary/aromatic N) is 3. The number of aromatic nitrogens is 3. The number of rotatable bonds is 7. The Labute approximate surface area is 141 Å². The van der Waals surface area contributed by atoms with Crippen LogP contribution in [-0.2, 0) is 9.53 Å². The first-order valence-electron chi connectivity index (χ1n) is 8.20. The zero-order chi connectivity index (χ0) is 17.7. The Morgan fingerprint density at radius 3 is 2.83 bits per heavy atom. The van der Waals surface area contributed by atoms with Gasteiger partial charge in [-0.2, -0.15) is 5.10 Å². The summed E-state index contributed by atoms with van der Waals surface area (Å²) in [6, 6.07) is 1.93. The van der Waals surface area contributed by atoms with Gasteiger partial charge in [0.15, 0.2) is 5.65 Å². The number of ether oxygens (including phenoxy) is 1. The molecule has 0 aliphatic carbocycles. The van der Waals surface area contributed by atoms with Gasteiger partial charge in [-0.25, -0.2) is 14.5 Å². The molecule has 1 atom stereocenters. The molecule has 2 rings (SSSR count). The van der Waals surface area contributed by atoms with Crippen LogP contribution in [0.25, 0.3) is 11.0 Å². The van der Waals surface area contributed by atoms with Gasteiger partial charge in [-0.1, -0.05) is 6.92 Å². The molecule has 130 valence electrons. The van der Waals surface area contributed by atoms with Crippen molar-refractivity contribution in [2.45, 2.75) is 46.6 Å². The summed E-state index contributed by atoms with van der Waals surface area (Å²) in [5.41, 5.74) is 1.93. The average Bonchev–Trinajstić information content (AvgIpc) is 2.96. The predicted octanol–water partition coefficient (Wildman–Crippen LogP) is 2.39. The normalized spacial score (nSPS) is 12.2.